The number of ether oxygens (including phenoxy) is 1. The first-order valence-electron chi connectivity index (χ1n) is 10.3. The normalized spacial score (nSPS) is 19.3. The molecule has 0 bridgehead atoms. The van der Waals surface area contributed by atoms with Crippen molar-refractivity contribution in [2.75, 3.05) is 45.7 Å². The summed E-state index contributed by atoms with van der Waals surface area (Å²) >= 11 is 1.28. The first-order valence-corrected chi connectivity index (χ1v) is 11.1. The van der Waals surface area contributed by atoms with Crippen molar-refractivity contribution in [2.45, 2.75) is 31.5 Å². The number of hydrogen-bond donors (Lipinski definition) is 1. The SMILES string of the molecule is COCCC1CN(C2=c3ncccc3=CNc3sc(CCC(F)(F)F)nc32)CCN1C. The number of nitrogens with one attached hydrogen (secondary N) is 1. The number of methoxy groups -OCH3 is 1. The maximum Gasteiger partial charge on any atom is 0.389 e. The molecule has 0 saturated carbocycles. The Bertz CT molecular complexity index is 1040. The van der Waals surface area contributed by atoms with Gasteiger partial charge in [-0.15, -0.1) is 11.3 Å². The molecule has 31 heavy (non-hydrogen) atoms. The van der Waals surface area contributed by atoms with Gasteiger partial charge in [-0.25, -0.2) is 4.98 Å². The highest BCUT2D eigenvalue weighted by Crippen LogP contribution is 2.34. The number of pyridine rings is 1. The number of piperazine rings is 1. The minimum Gasteiger partial charge on any atom is -0.385 e. The van der Waals surface area contributed by atoms with Gasteiger partial charge in [-0.05, 0) is 25.6 Å². The van der Waals surface area contributed by atoms with Gasteiger partial charge in [0.2, 0.25) is 0 Å². The Morgan fingerprint density at radius 1 is 1.32 bits per heavy atom. The molecular formula is C21H26F3N5OS. The molecular weight excluding hydrogens is 427 g/mol. The zero-order valence-electron chi connectivity index (χ0n) is 17.6. The molecule has 1 saturated heterocycles. The van der Waals surface area contributed by atoms with Crippen molar-refractivity contribution in [1.82, 2.24) is 19.8 Å². The molecule has 2 aliphatic heterocycles. The minimum absolute atomic E-state index is 0.121. The number of hydrogen-bond acceptors (Lipinski definition) is 7. The number of nitrogens with zero attached hydrogens (tertiary/aromatic N) is 4. The zero-order valence-corrected chi connectivity index (χ0v) is 18.4. The van der Waals surface area contributed by atoms with Crippen molar-refractivity contribution in [3.05, 3.63) is 39.6 Å². The number of thiazole rings is 1. The summed E-state index contributed by atoms with van der Waals surface area (Å²) in [6.07, 6.45) is -0.691. The van der Waals surface area contributed by atoms with Crippen LogP contribution in [0.2, 0.25) is 0 Å². The number of halogens is 3. The molecule has 4 heterocycles. The summed E-state index contributed by atoms with van der Waals surface area (Å²) in [5.74, 6) is 0. The van der Waals surface area contributed by atoms with Crippen LogP contribution in [-0.4, -0.2) is 72.4 Å². The lowest BCUT2D eigenvalue weighted by molar-refractivity contribution is -0.134. The van der Waals surface area contributed by atoms with Crippen molar-refractivity contribution in [3.8, 4) is 0 Å². The fourth-order valence-electron chi connectivity index (χ4n) is 3.98. The Morgan fingerprint density at radius 2 is 2.16 bits per heavy atom. The van der Waals surface area contributed by atoms with E-state index in [1.807, 2.05) is 18.3 Å². The summed E-state index contributed by atoms with van der Waals surface area (Å²) in [6.45, 7) is 3.11. The van der Waals surface area contributed by atoms with E-state index in [1.165, 1.54) is 11.3 Å². The maximum atomic E-state index is 12.8. The van der Waals surface area contributed by atoms with Crippen molar-refractivity contribution in [2.24, 2.45) is 0 Å². The number of aryl methyl sites for hydroxylation is 1. The van der Waals surface area contributed by atoms with Crippen molar-refractivity contribution >= 4 is 28.2 Å². The number of fused-ring (bicyclic) bond motifs is 2. The van der Waals surface area contributed by atoms with E-state index in [-0.39, 0.29) is 6.42 Å². The van der Waals surface area contributed by atoms with E-state index in [0.717, 1.165) is 47.3 Å². The Kier molecular flexibility index (Phi) is 6.49. The summed E-state index contributed by atoms with van der Waals surface area (Å²) in [4.78, 5) is 13.9. The molecule has 2 aliphatic rings. The van der Waals surface area contributed by atoms with Crippen LogP contribution in [0.25, 0.3) is 11.9 Å². The van der Waals surface area contributed by atoms with Crippen molar-refractivity contribution in [1.29, 1.82) is 0 Å². The second-order valence-electron chi connectivity index (χ2n) is 7.84. The molecule has 0 aliphatic carbocycles. The predicted octanol–water partition coefficient (Wildman–Crippen LogP) is 2.01. The Hall–Kier alpha value is -2.17. The highest BCUT2D eigenvalue weighted by Gasteiger charge is 2.31. The molecule has 0 aromatic carbocycles. The fourth-order valence-corrected chi connectivity index (χ4v) is 4.91. The van der Waals surface area contributed by atoms with Gasteiger partial charge < -0.3 is 15.0 Å². The quantitative estimate of drug-likeness (QED) is 0.722. The van der Waals surface area contributed by atoms with E-state index < -0.39 is 12.6 Å². The number of aromatic nitrogens is 2. The van der Waals surface area contributed by atoms with Crippen LogP contribution in [0.15, 0.2) is 18.3 Å². The topological polar surface area (TPSA) is 53.5 Å². The average molecular weight is 454 g/mol. The molecule has 0 amide bonds. The highest BCUT2D eigenvalue weighted by molar-refractivity contribution is 7.16. The van der Waals surface area contributed by atoms with Gasteiger partial charge in [0.1, 0.15) is 10.7 Å². The van der Waals surface area contributed by atoms with Gasteiger partial charge in [0, 0.05) is 69.8 Å². The zero-order chi connectivity index (χ0) is 22.0. The average Bonchev–Trinajstić information content (AvgIpc) is 3.07. The molecule has 1 N–H and O–H groups in total. The molecule has 2 aromatic heterocycles. The largest absolute Gasteiger partial charge is 0.389 e. The smallest absolute Gasteiger partial charge is 0.385 e. The monoisotopic (exact) mass is 453 g/mol. The van der Waals surface area contributed by atoms with Gasteiger partial charge in [0.05, 0.1) is 16.1 Å². The predicted molar refractivity (Wildman–Crippen MR) is 115 cm³/mol. The summed E-state index contributed by atoms with van der Waals surface area (Å²) in [7, 11) is 3.81. The molecule has 6 nitrogen and oxygen atoms in total. The van der Waals surface area contributed by atoms with E-state index >= 15 is 0 Å². The number of alkyl halides is 3. The summed E-state index contributed by atoms with van der Waals surface area (Å²) in [5.41, 5.74) is 1.57. The van der Waals surface area contributed by atoms with Crippen LogP contribution in [0.1, 0.15) is 23.5 Å². The maximum absolute atomic E-state index is 12.8. The van der Waals surface area contributed by atoms with Crippen LogP contribution in [0.3, 0.4) is 0 Å². The third kappa shape index (κ3) is 5.02. The van der Waals surface area contributed by atoms with Crippen LogP contribution in [0.5, 0.6) is 0 Å². The number of rotatable bonds is 6. The first-order chi connectivity index (χ1) is 14.9. The van der Waals surface area contributed by atoms with Crippen LogP contribution < -0.4 is 15.9 Å². The van der Waals surface area contributed by atoms with Crippen LogP contribution >= 0.6 is 11.3 Å². The fraction of sp³-hybridized carbons (Fsp3) is 0.524. The third-order valence-electron chi connectivity index (χ3n) is 5.69. The van der Waals surface area contributed by atoms with Crippen molar-refractivity contribution in [3.63, 3.8) is 0 Å². The number of anilines is 1. The van der Waals surface area contributed by atoms with Gasteiger partial charge in [-0.2, -0.15) is 13.2 Å². The van der Waals surface area contributed by atoms with Gasteiger partial charge in [0.15, 0.2) is 0 Å². The second kappa shape index (κ2) is 9.13. The first kappa shape index (κ1) is 22.0. The minimum atomic E-state index is -4.20. The van der Waals surface area contributed by atoms with E-state index in [1.54, 1.807) is 13.3 Å². The Labute approximate surface area is 183 Å². The molecule has 4 rings (SSSR count). The molecule has 2 aromatic rings. The standard InChI is InChI=1S/C21H26F3N5OS/c1-28-9-10-29(13-15(28)6-11-30-2)19-17-14(4-3-8-25-17)12-26-20-18(19)27-16(31-20)5-7-21(22,23)24/h3-4,8,12,15,26H,5-7,9-11,13H2,1-2H3. The van der Waals surface area contributed by atoms with E-state index in [2.05, 4.69) is 32.1 Å². The van der Waals surface area contributed by atoms with Gasteiger partial charge in [0.25, 0.3) is 0 Å². The van der Waals surface area contributed by atoms with Gasteiger partial charge in [-0.1, -0.05) is 0 Å². The second-order valence-corrected chi connectivity index (χ2v) is 8.92. The summed E-state index contributed by atoms with van der Waals surface area (Å²) in [6, 6.07) is 4.16. The van der Waals surface area contributed by atoms with E-state index in [4.69, 9.17) is 4.74 Å². The molecule has 1 unspecified atom stereocenters. The molecule has 168 valence electrons. The molecule has 1 atom stereocenters. The number of likely N-dealkylation sites (N-methyl/N-ethyl adjacent to an activating group) is 1. The van der Waals surface area contributed by atoms with E-state index in [9.17, 15) is 13.2 Å². The third-order valence-corrected chi connectivity index (χ3v) is 6.73. The lowest BCUT2D eigenvalue weighted by atomic mass is 10.1. The molecule has 10 heteroatoms. The molecule has 0 spiro atoms. The highest BCUT2D eigenvalue weighted by atomic mass is 32.1. The van der Waals surface area contributed by atoms with Crippen LogP contribution in [0.4, 0.5) is 18.2 Å². The van der Waals surface area contributed by atoms with Gasteiger partial charge >= 0.3 is 6.18 Å². The van der Waals surface area contributed by atoms with Crippen molar-refractivity contribution < 1.29 is 17.9 Å². The summed E-state index contributed by atoms with van der Waals surface area (Å²) < 4.78 is 43.5. The van der Waals surface area contributed by atoms with Crippen LogP contribution in [-0.2, 0) is 11.2 Å². The lowest BCUT2D eigenvalue weighted by Crippen LogP contribution is -2.52. The summed E-state index contributed by atoms with van der Waals surface area (Å²) in [5, 5.41) is 6.23. The van der Waals surface area contributed by atoms with Crippen LogP contribution in [0, 0.1) is 0 Å². The Morgan fingerprint density at radius 3 is 2.94 bits per heavy atom. The Balaban J connectivity index is 1.74. The molecule has 0 radical (unpaired) electrons. The van der Waals surface area contributed by atoms with E-state index in [0.29, 0.717) is 23.4 Å². The lowest BCUT2D eigenvalue weighted by Gasteiger charge is -2.41. The van der Waals surface area contributed by atoms with Gasteiger partial charge in [-0.3, -0.25) is 9.88 Å². The molecule has 1 fully saturated rings.